The number of amides is 1. The van der Waals surface area contributed by atoms with Crippen molar-refractivity contribution < 1.29 is 4.79 Å². The molecule has 1 aromatic carbocycles. The topological polar surface area (TPSA) is 77.6 Å². The molecule has 3 heterocycles. The monoisotopic (exact) mass is 400 g/mol. The van der Waals surface area contributed by atoms with Crippen LogP contribution in [0, 0.1) is 6.92 Å². The molecule has 1 amide bonds. The molecule has 152 valence electrons. The number of pyridine rings is 1. The molecule has 1 aliphatic carbocycles. The molecule has 1 N–H and O–H groups in total. The molecule has 1 saturated carbocycles. The highest BCUT2D eigenvalue weighted by Crippen LogP contribution is 2.40. The fraction of sp³-hybridized carbons (Fsp3) is 0.304. The third kappa shape index (κ3) is 3.36. The van der Waals surface area contributed by atoms with Gasteiger partial charge in [0.05, 0.1) is 17.1 Å². The first-order valence-corrected chi connectivity index (χ1v) is 10.4. The van der Waals surface area contributed by atoms with Gasteiger partial charge in [-0.25, -0.2) is 14.6 Å². The standard InChI is InChI=1S/C23H24N6O/c1-3-11-29-22-20(14-25-29)19(13-21(27-22)16-4-5-16)23(30)26-17-6-8-18(9-7-17)28-12-10-24-15(28)2/h6-10,12-14,16H,3-5,11H2,1-2H3,(H,26,30). The zero-order valence-electron chi connectivity index (χ0n) is 17.2. The summed E-state index contributed by atoms with van der Waals surface area (Å²) in [5, 5.41) is 8.31. The van der Waals surface area contributed by atoms with Crippen molar-refractivity contribution in [3.63, 3.8) is 0 Å². The zero-order valence-corrected chi connectivity index (χ0v) is 17.2. The highest BCUT2D eigenvalue weighted by Gasteiger charge is 2.28. The van der Waals surface area contributed by atoms with E-state index in [4.69, 9.17) is 4.98 Å². The van der Waals surface area contributed by atoms with E-state index in [0.717, 1.165) is 59.7 Å². The molecule has 1 fully saturated rings. The molecule has 3 aromatic heterocycles. The van der Waals surface area contributed by atoms with E-state index in [1.54, 1.807) is 12.4 Å². The smallest absolute Gasteiger partial charge is 0.256 e. The molecule has 5 rings (SSSR count). The summed E-state index contributed by atoms with van der Waals surface area (Å²) in [7, 11) is 0. The normalized spacial score (nSPS) is 13.7. The number of aromatic nitrogens is 5. The number of hydrogen-bond donors (Lipinski definition) is 1. The first-order chi connectivity index (χ1) is 14.6. The summed E-state index contributed by atoms with van der Waals surface area (Å²) in [5.74, 6) is 1.25. The van der Waals surface area contributed by atoms with Crippen molar-refractivity contribution in [2.75, 3.05) is 5.32 Å². The zero-order chi connectivity index (χ0) is 20.7. The Morgan fingerprint density at radius 3 is 2.70 bits per heavy atom. The predicted molar refractivity (Wildman–Crippen MR) is 116 cm³/mol. The average Bonchev–Trinajstić information content (AvgIpc) is 3.40. The lowest BCUT2D eigenvalue weighted by atomic mass is 10.1. The van der Waals surface area contributed by atoms with Crippen LogP contribution in [0.3, 0.4) is 0 Å². The van der Waals surface area contributed by atoms with E-state index in [0.29, 0.717) is 11.5 Å². The minimum atomic E-state index is -0.132. The van der Waals surface area contributed by atoms with E-state index >= 15 is 0 Å². The lowest BCUT2D eigenvalue weighted by Crippen LogP contribution is -2.13. The minimum absolute atomic E-state index is 0.132. The number of benzene rings is 1. The van der Waals surface area contributed by atoms with Gasteiger partial charge in [-0.3, -0.25) is 4.79 Å². The van der Waals surface area contributed by atoms with E-state index in [1.807, 2.05) is 52.7 Å². The summed E-state index contributed by atoms with van der Waals surface area (Å²) in [4.78, 5) is 22.2. The van der Waals surface area contributed by atoms with Crippen molar-refractivity contribution >= 4 is 22.6 Å². The van der Waals surface area contributed by atoms with Gasteiger partial charge in [0.1, 0.15) is 5.82 Å². The molecular weight excluding hydrogens is 376 g/mol. The van der Waals surface area contributed by atoms with Crippen LogP contribution < -0.4 is 5.32 Å². The maximum Gasteiger partial charge on any atom is 0.256 e. The molecule has 0 saturated heterocycles. The Labute approximate surface area is 174 Å². The van der Waals surface area contributed by atoms with Gasteiger partial charge in [-0.1, -0.05) is 6.92 Å². The first kappa shape index (κ1) is 18.5. The number of hydrogen-bond acceptors (Lipinski definition) is 4. The fourth-order valence-corrected chi connectivity index (χ4v) is 3.77. The van der Waals surface area contributed by atoms with Crippen molar-refractivity contribution in [3.8, 4) is 5.69 Å². The molecule has 0 spiro atoms. The van der Waals surface area contributed by atoms with Crippen molar-refractivity contribution in [1.29, 1.82) is 0 Å². The molecule has 30 heavy (non-hydrogen) atoms. The summed E-state index contributed by atoms with van der Waals surface area (Å²) in [5.41, 5.74) is 4.19. The molecule has 7 heteroatoms. The second kappa shape index (κ2) is 7.40. The van der Waals surface area contributed by atoms with Crippen LogP contribution in [-0.4, -0.2) is 30.2 Å². The van der Waals surface area contributed by atoms with Crippen LogP contribution in [-0.2, 0) is 6.54 Å². The molecule has 0 atom stereocenters. The van der Waals surface area contributed by atoms with Gasteiger partial charge in [0, 0.05) is 41.9 Å². The van der Waals surface area contributed by atoms with Crippen molar-refractivity contribution in [2.45, 2.75) is 45.6 Å². The summed E-state index contributed by atoms with van der Waals surface area (Å²) >= 11 is 0. The maximum absolute atomic E-state index is 13.2. The Morgan fingerprint density at radius 1 is 1.23 bits per heavy atom. The molecule has 0 radical (unpaired) electrons. The van der Waals surface area contributed by atoms with Crippen LogP contribution >= 0.6 is 0 Å². The number of carbonyl (C=O) groups excluding carboxylic acids is 1. The van der Waals surface area contributed by atoms with E-state index < -0.39 is 0 Å². The van der Waals surface area contributed by atoms with Gasteiger partial charge in [0.25, 0.3) is 5.91 Å². The molecule has 0 unspecified atom stereocenters. The summed E-state index contributed by atoms with van der Waals surface area (Å²) in [6, 6.07) is 9.71. The van der Waals surface area contributed by atoms with Gasteiger partial charge < -0.3 is 9.88 Å². The molecule has 7 nitrogen and oxygen atoms in total. The Kier molecular flexibility index (Phi) is 4.58. The van der Waals surface area contributed by atoms with Crippen molar-refractivity contribution in [3.05, 3.63) is 66.0 Å². The van der Waals surface area contributed by atoms with Gasteiger partial charge in [0.2, 0.25) is 0 Å². The fourth-order valence-electron chi connectivity index (χ4n) is 3.77. The van der Waals surface area contributed by atoms with Crippen LogP contribution in [0.15, 0.2) is 48.9 Å². The maximum atomic E-state index is 13.2. The number of carbonyl (C=O) groups is 1. The third-order valence-electron chi connectivity index (χ3n) is 5.53. The molecule has 4 aromatic rings. The lowest BCUT2D eigenvalue weighted by molar-refractivity contribution is 0.102. The van der Waals surface area contributed by atoms with Crippen LogP contribution in [0.5, 0.6) is 0 Å². The van der Waals surface area contributed by atoms with Crippen LogP contribution in [0.1, 0.15) is 54.0 Å². The number of rotatable bonds is 6. The Balaban J connectivity index is 1.45. The quantitative estimate of drug-likeness (QED) is 0.518. The summed E-state index contributed by atoms with van der Waals surface area (Å²) in [6.45, 7) is 4.86. The van der Waals surface area contributed by atoms with Gasteiger partial charge in [-0.15, -0.1) is 0 Å². The number of aryl methyl sites for hydroxylation is 2. The largest absolute Gasteiger partial charge is 0.322 e. The van der Waals surface area contributed by atoms with E-state index in [2.05, 4.69) is 22.3 Å². The highest BCUT2D eigenvalue weighted by molar-refractivity contribution is 6.12. The molecule has 0 bridgehead atoms. The molecule has 0 aliphatic heterocycles. The van der Waals surface area contributed by atoms with Crippen LogP contribution in [0.2, 0.25) is 0 Å². The van der Waals surface area contributed by atoms with Crippen LogP contribution in [0.25, 0.3) is 16.7 Å². The SMILES string of the molecule is CCCn1ncc2c(C(=O)Nc3ccc(-n4ccnc4C)cc3)cc(C3CC3)nc21. The van der Waals surface area contributed by atoms with Crippen molar-refractivity contribution in [1.82, 2.24) is 24.3 Å². The van der Waals surface area contributed by atoms with E-state index in [-0.39, 0.29) is 5.91 Å². The summed E-state index contributed by atoms with van der Waals surface area (Å²) in [6.07, 6.45) is 8.69. The second-order valence-corrected chi connectivity index (χ2v) is 7.82. The van der Waals surface area contributed by atoms with Gasteiger partial charge in [0.15, 0.2) is 5.65 Å². The predicted octanol–water partition coefficient (Wildman–Crippen LogP) is 4.47. The Morgan fingerprint density at radius 2 is 2.03 bits per heavy atom. The third-order valence-corrected chi connectivity index (χ3v) is 5.53. The number of nitrogens with zero attached hydrogens (tertiary/aromatic N) is 5. The van der Waals surface area contributed by atoms with E-state index in [9.17, 15) is 4.79 Å². The Bertz CT molecular complexity index is 1220. The summed E-state index contributed by atoms with van der Waals surface area (Å²) < 4.78 is 3.91. The van der Waals surface area contributed by atoms with Crippen LogP contribution in [0.4, 0.5) is 5.69 Å². The molecular formula is C23H24N6O. The number of anilines is 1. The van der Waals surface area contributed by atoms with E-state index in [1.165, 1.54) is 0 Å². The van der Waals surface area contributed by atoms with Gasteiger partial charge in [-0.2, -0.15) is 5.10 Å². The van der Waals surface area contributed by atoms with Crippen molar-refractivity contribution in [2.24, 2.45) is 0 Å². The number of nitrogens with one attached hydrogen (secondary N) is 1. The van der Waals surface area contributed by atoms with Gasteiger partial charge in [-0.05, 0) is 56.5 Å². The highest BCUT2D eigenvalue weighted by atomic mass is 16.1. The second-order valence-electron chi connectivity index (χ2n) is 7.82. The first-order valence-electron chi connectivity index (χ1n) is 10.4. The minimum Gasteiger partial charge on any atom is -0.322 e. The Hall–Kier alpha value is -3.48. The average molecular weight is 400 g/mol. The number of imidazole rings is 1. The van der Waals surface area contributed by atoms with Gasteiger partial charge >= 0.3 is 0 Å². The lowest BCUT2D eigenvalue weighted by Gasteiger charge is -2.10. The molecule has 1 aliphatic rings. The number of fused-ring (bicyclic) bond motifs is 1.